The second-order valence-electron chi connectivity index (χ2n) is 1.56. The molecule has 0 fully saturated rings. The third kappa shape index (κ3) is 15.7. The van der Waals surface area contributed by atoms with E-state index in [9.17, 15) is 0 Å². The molecule has 0 nitrogen and oxygen atoms in total. The van der Waals surface area contributed by atoms with Gasteiger partial charge in [-0.25, -0.2) is 0 Å². The Labute approximate surface area is 79.0 Å². The number of hydrogen-bond acceptors (Lipinski definition) is 0. The molecule has 0 unspecified atom stereocenters. The molecule has 0 aliphatic heterocycles. The molecular formula is C6H14CdCl-. The van der Waals surface area contributed by atoms with Gasteiger partial charge in [-0.3, -0.25) is 0 Å². The van der Waals surface area contributed by atoms with Crippen LogP contribution in [0.2, 0.25) is 0 Å². The number of unbranched alkanes of at least 4 members (excludes halogenated alkanes) is 3. The van der Waals surface area contributed by atoms with Crippen LogP contribution in [0.4, 0.5) is 0 Å². The Balaban J connectivity index is -0.000000125. The van der Waals surface area contributed by atoms with Gasteiger partial charge in [-0.05, 0) is 0 Å². The molecule has 0 bridgehead atoms. The van der Waals surface area contributed by atoms with Crippen LogP contribution in [0.15, 0.2) is 0 Å². The van der Waals surface area contributed by atoms with Crippen LogP contribution in [0.5, 0.6) is 0 Å². The Morgan fingerprint density at radius 1 is 1.25 bits per heavy atom. The third-order valence-corrected chi connectivity index (χ3v) is 0.854. The van der Waals surface area contributed by atoms with E-state index in [4.69, 9.17) is 0 Å². The Hall–Kier alpha value is 1.21. The van der Waals surface area contributed by atoms with Crippen molar-refractivity contribution < 1.29 is 27.3 Å². The summed E-state index contributed by atoms with van der Waals surface area (Å²) < 4.78 is 0. The smallest absolute Gasteiger partial charge is 0 e. The zero-order valence-electron chi connectivity index (χ0n) is 5.65. The first-order valence-electron chi connectivity index (χ1n) is 2.71. The van der Waals surface area contributed by atoms with E-state index in [-0.39, 0.29) is 39.7 Å². The van der Waals surface area contributed by atoms with Crippen molar-refractivity contribution in [3.8, 4) is 0 Å². The summed E-state index contributed by atoms with van der Waals surface area (Å²) in [6, 6.07) is 0. The summed E-state index contributed by atoms with van der Waals surface area (Å²) in [6.45, 7) is 5.93. The van der Waals surface area contributed by atoms with Crippen molar-refractivity contribution in [2.45, 2.75) is 32.6 Å². The van der Waals surface area contributed by atoms with Crippen molar-refractivity contribution in [1.29, 1.82) is 0 Å². The van der Waals surface area contributed by atoms with Gasteiger partial charge in [-0.15, -0.1) is 12.4 Å². The summed E-state index contributed by atoms with van der Waals surface area (Å²) in [7, 11) is 0. The summed E-state index contributed by atoms with van der Waals surface area (Å²) in [5.74, 6) is 0. The largest absolute Gasteiger partial charge is 0.343 e. The molecule has 0 saturated heterocycles. The minimum absolute atomic E-state index is 0. The first-order chi connectivity index (χ1) is 2.91. The zero-order chi connectivity index (χ0) is 4.83. The monoisotopic (exact) mass is 235 g/mol. The van der Waals surface area contributed by atoms with Crippen molar-refractivity contribution in [1.82, 2.24) is 0 Å². The first kappa shape index (κ1) is 16.1. The number of halogens is 1. The molecule has 0 radical (unpaired) electrons. The first-order valence-corrected chi connectivity index (χ1v) is 2.71. The fourth-order valence-corrected chi connectivity index (χ4v) is 0.427. The number of rotatable bonds is 3. The van der Waals surface area contributed by atoms with Gasteiger partial charge in [0.05, 0.1) is 0 Å². The molecule has 8 heavy (non-hydrogen) atoms. The van der Waals surface area contributed by atoms with Crippen LogP contribution in [0.25, 0.3) is 0 Å². The standard InChI is InChI=1S/C6H13.Cd.ClH/c1-3-5-6-4-2;;/h1,3-6H2,2H3;;1H/q-1;;. The van der Waals surface area contributed by atoms with Crippen molar-refractivity contribution in [3.05, 3.63) is 6.92 Å². The molecule has 48 valence electrons. The van der Waals surface area contributed by atoms with E-state index in [2.05, 4.69) is 13.8 Å². The van der Waals surface area contributed by atoms with E-state index in [1.165, 1.54) is 19.3 Å². The molecule has 0 spiro atoms. The van der Waals surface area contributed by atoms with Crippen LogP contribution in [-0.2, 0) is 27.3 Å². The predicted molar refractivity (Wildman–Crippen MR) is 36.7 cm³/mol. The van der Waals surface area contributed by atoms with Gasteiger partial charge in [0.15, 0.2) is 0 Å². The fraction of sp³-hybridized carbons (Fsp3) is 0.833. The van der Waals surface area contributed by atoms with Gasteiger partial charge in [0.25, 0.3) is 0 Å². The van der Waals surface area contributed by atoms with Crippen molar-refractivity contribution in [3.63, 3.8) is 0 Å². The molecule has 0 aromatic carbocycles. The van der Waals surface area contributed by atoms with Gasteiger partial charge in [0.2, 0.25) is 0 Å². The van der Waals surface area contributed by atoms with E-state index in [1.807, 2.05) is 0 Å². The Kier molecular flexibility index (Phi) is 31.6. The van der Waals surface area contributed by atoms with Crippen LogP contribution < -0.4 is 0 Å². The second kappa shape index (κ2) is 15.7. The molecule has 0 rings (SSSR count). The van der Waals surface area contributed by atoms with Crippen LogP contribution in [0.3, 0.4) is 0 Å². The second-order valence-corrected chi connectivity index (χ2v) is 1.56. The average molecular weight is 234 g/mol. The predicted octanol–water partition coefficient (Wildman–Crippen LogP) is 2.82. The van der Waals surface area contributed by atoms with Crippen LogP contribution in [0.1, 0.15) is 32.6 Å². The molecule has 0 aliphatic carbocycles. The Morgan fingerprint density at radius 3 is 1.88 bits per heavy atom. The summed E-state index contributed by atoms with van der Waals surface area (Å²) in [4.78, 5) is 0. The Bertz CT molecular complexity index is 20.5. The van der Waals surface area contributed by atoms with Crippen LogP contribution in [0, 0.1) is 6.92 Å². The molecule has 0 aromatic heterocycles. The Morgan fingerprint density at radius 2 is 1.75 bits per heavy atom. The van der Waals surface area contributed by atoms with Gasteiger partial charge < -0.3 is 6.92 Å². The van der Waals surface area contributed by atoms with E-state index < -0.39 is 0 Å². The summed E-state index contributed by atoms with van der Waals surface area (Å²) in [6.07, 6.45) is 5.07. The van der Waals surface area contributed by atoms with E-state index in [0.717, 1.165) is 6.42 Å². The maximum absolute atomic E-state index is 3.72. The molecule has 0 heterocycles. The molecule has 0 amide bonds. The quantitative estimate of drug-likeness (QED) is 0.400. The molecule has 2 heteroatoms. The molecule has 0 N–H and O–H groups in total. The van der Waals surface area contributed by atoms with Crippen molar-refractivity contribution in [2.75, 3.05) is 0 Å². The minimum Gasteiger partial charge on any atom is -0.343 e. The molecule has 0 aliphatic rings. The maximum atomic E-state index is 3.72. The average Bonchev–Trinajstić information content (AvgIpc) is 1.61. The summed E-state index contributed by atoms with van der Waals surface area (Å²) in [5.41, 5.74) is 0. The van der Waals surface area contributed by atoms with E-state index in [0.29, 0.717) is 0 Å². The van der Waals surface area contributed by atoms with Crippen molar-refractivity contribution in [2.24, 2.45) is 0 Å². The van der Waals surface area contributed by atoms with E-state index >= 15 is 0 Å². The SMILES string of the molecule is Cl.[CH2-]CCCCC.[Cd]. The van der Waals surface area contributed by atoms with Gasteiger partial charge in [0, 0.05) is 27.3 Å². The zero-order valence-corrected chi connectivity index (χ0v) is 10.5. The van der Waals surface area contributed by atoms with Crippen molar-refractivity contribution >= 4 is 12.4 Å². The minimum atomic E-state index is 0. The van der Waals surface area contributed by atoms with Crippen LogP contribution in [-0.4, -0.2) is 0 Å². The topological polar surface area (TPSA) is 0 Å². The molecular weight excluding hydrogens is 220 g/mol. The fourth-order valence-electron chi connectivity index (χ4n) is 0.427. The number of hydrogen-bond donors (Lipinski definition) is 0. The van der Waals surface area contributed by atoms with Crippen LogP contribution >= 0.6 is 12.4 Å². The maximum Gasteiger partial charge on any atom is 0 e. The molecule has 0 saturated carbocycles. The van der Waals surface area contributed by atoms with E-state index in [1.54, 1.807) is 0 Å². The van der Waals surface area contributed by atoms with Gasteiger partial charge >= 0.3 is 0 Å². The summed E-state index contributed by atoms with van der Waals surface area (Å²) in [5, 5.41) is 0. The van der Waals surface area contributed by atoms with Gasteiger partial charge in [0.1, 0.15) is 0 Å². The molecule has 0 atom stereocenters. The normalized spacial score (nSPS) is 6.75. The van der Waals surface area contributed by atoms with Gasteiger partial charge in [-0.1, -0.05) is 26.2 Å². The molecule has 0 aromatic rings. The van der Waals surface area contributed by atoms with Gasteiger partial charge in [-0.2, -0.15) is 6.42 Å². The summed E-state index contributed by atoms with van der Waals surface area (Å²) >= 11 is 0. The third-order valence-electron chi connectivity index (χ3n) is 0.854.